The molecule has 8 heteroatoms. The fourth-order valence-electron chi connectivity index (χ4n) is 2.54. The van der Waals surface area contributed by atoms with Gasteiger partial charge in [-0.3, -0.25) is 4.79 Å². The molecule has 0 N–H and O–H groups in total. The summed E-state index contributed by atoms with van der Waals surface area (Å²) in [5.74, 6) is 1.48. The molecule has 0 atom stereocenters. The smallest absolute Gasteiger partial charge is 0.264 e. The van der Waals surface area contributed by atoms with E-state index in [0.29, 0.717) is 32.3 Å². The van der Waals surface area contributed by atoms with E-state index in [1.54, 1.807) is 26.2 Å². The van der Waals surface area contributed by atoms with E-state index in [1.165, 1.54) is 11.0 Å². The number of benzene rings is 2. The number of nitrogens with zero attached hydrogens (tertiary/aromatic N) is 2. The molecule has 2 aromatic carbocycles. The zero-order valence-corrected chi connectivity index (χ0v) is 17.5. The highest BCUT2D eigenvalue weighted by atomic mass is 79.9. The van der Waals surface area contributed by atoms with Gasteiger partial charge in [0, 0.05) is 14.1 Å². The average Bonchev–Trinajstić information content (AvgIpc) is 3.12. The van der Waals surface area contributed by atoms with Crippen LogP contribution in [0.5, 0.6) is 17.2 Å². The number of nitriles is 1. The molecule has 0 bridgehead atoms. The van der Waals surface area contributed by atoms with Gasteiger partial charge in [0.2, 0.25) is 6.79 Å². The van der Waals surface area contributed by atoms with Crippen LogP contribution in [0.4, 0.5) is 0 Å². The van der Waals surface area contributed by atoms with Crippen LogP contribution < -0.4 is 14.2 Å². The van der Waals surface area contributed by atoms with Crippen LogP contribution in [0.25, 0.3) is 6.08 Å². The average molecular weight is 464 g/mol. The zero-order chi connectivity index (χ0) is 20.3. The third-order valence-corrected chi connectivity index (χ3v) is 4.78. The van der Waals surface area contributed by atoms with Gasteiger partial charge in [0.1, 0.15) is 18.2 Å². The summed E-state index contributed by atoms with van der Waals surface area (Å²) in [4.78, 5) is 13.3. The van der Waals surface area contributed by atoms with E-state index in [1.807, 2.05) is 24.3 Å². The molecule has 0 aliphatic carbocycles. The van der Waals surface area contributed by atoms with Crippen LogP contribution >= 0.6 is 27.5 Å². The van der Waals surface area contributed by atoms with Crippen molar-refractivity contribution in [2.75, 3.05) is 20.9 Å². The number of carbonyl (C=O) groups is 1. The highest BCUT2D eigenvalue weighted by molar-refractivity contribution is 9.10. The second-order valence-electron chi connectivity index (χ2n) is 6.16. The molecule has 1 aliphatic rings. The van der Waals surface area contributed by atoms with Crippen LogP contribution in [0.2, 0.25) is 5.02 Å². The van der Waals surface area contributed by atoms with Crippen molar-refractivity contribution in [3.8, 4) is 23.3 Å². The summed E-state index contributed by atoms with van der Waals surface area (Å²) in [6.45, 7) is 0.500. The van der Waals surface area contributed by atoms with E-state index in [-0.39, 0.29) is 24.9 Å². The van der Waals surface area contributed by atoms with Gasteiger partial charge in [-0.1, -0.05) is 17.7 Å². The van der Waals surface area contributed by atoms with E-state index < -0.39 is 0 Å². The Morgan fingerprint density at radius 3 is 2.75 bits per heavy atom. The van der Waals surface area contributed by atoms with Crippen molar-refractivity contribution in [3.05, 3.63) is 56.5 Å². The summed E-state index contributed by atoms with van der Waals surface area (Å²) < 4.78 is 17.1. The molecule has 1 aliphatic heterocycles. The summed E-state index contributed by atoms with van der Waals surface area (Å²) in [6, 6.07) is 10.9. The lowest BCUT2D eigenvalue weighted by atomic mass is 10.1. The molecule has 0 spiro atoms. The molecule has 28 heavy (non-hydrogen) atoms. The van der Waals surface area contributed by atoms with E-state index in [0.717, 1.165) is 5.56 Å². The van der Waals surface area contributed by atoms with Crippen molar-refractivity contribution in [1.29, 1.82) is 5.26 Å². The first-order valence-electron chi connectivity index (χ1n) is 8.23. The fourth-order valence-corrected chi connectivity index (χ4v) is 3.53. The Hall–Kier alpha value is -2.69. The van der Waals surface area contributed by atoms with Gasteiger partial charge in [-0.25, -0.2) is 0 Å². The third kappa shape index (κ3) is 4.41. The van der Waals surface area contributed by atoms with Gasteiger partial charge < -0.3 is 19.1 Å². The van der Waals surface area contributed by atoms with Crippen LogP contribution in [-0.2, 0) is 11.4 Å². The zero-order valence-electron chi connectivity index (χ0n) is 15.2. The minimum absolute atomic E-state index is 0.0157. The highest BCUT2D eigenvalue weighted by Gasteiger charge is 2.16. The van der Waals surface area contributed by atoms with E-state index >= 15 is 0 Å². The normalized spacial score (nSPS) is 12.5. The summed E-state index contributed by atoms with van der Waals surface area (Å²) in [7, 11) is 3.17. The standard InChI is InChI=1S/C20H16BrClN2O4/c1-24(2)20(25)14(9-23)5-13-6-15(21)19(16(22)7-13)26-10-12-3-4-17-18(8-12)28-11-27-17/h3-8H,10-11H2,1-2H3/b14-5-. The van der Waals surface area contributed by atoms with Crippen molar-refractivity contribution >= 4 is 39.5 Å². The summed E-state index contributed by atoms with van der Waals surface area (Å²) in [5, 5.41) is 9.58. The van der Waals surface area contributed by atoms with Gasteiger partial charge in [0.15, 0.2) is 17.2 Å². The molecule has 0 fully saturated rings. The van der Waals surface area contributed by atoms with E-state index in [2.05, 4.69) is 15.9 Å². The Bertz CT molecular complexity index is 975. The van der Waals surface area contributed by atoms with Crippen LogP contribution in [0.3, 0.4) is 0 Å². The number of halogens is 2. The molecule has 0 radical (unpaired) electrons. The van der Waals surface area contributed by atoms with E-state index in [4.69, 9.17) is 25.8 Å². The quantitative estimate of drug-likeness (QED) is 0.485. The van der Waals surface area contributed by atoms with Gasteiger partial charge in [-0.05, 0) is 57.4 Å². The maximum absolute atomic E-state index is 12.0. The molecule has 6 nitrogen and oxygen atoms in total. The number of hydrogen-bond donors (Lipinski definition) is 0. The summed E-state index contributed by atoms with van der Waals surface area (Å²) in [5.41, 5.74) is 1.53. The van der Waals surface area contributed by atoms with Gasteiger partial charge >= 0.3 is 0 Å². The molecular formula is C20H16BrClN2O4. The maximum Gasteiger partial charge on any atom is 0.264 e. The molecule has 3 rings (SSSR count). The largest absolute Gasteiger partial charge is 0.486 e. The van der Waals surface area contributed by atoms with E-state index in [9.17, 15) is 10.1 Å². The minimum atomic E-state index is -0.377. The number of hydrogen-bond acceptors (Lipinski definition) is 5. The fraction of sp³-hybridized carbons (Fsp3) is 0.200. The lowest BCUT2D eigenvalue weighted by Crippen LogP contribution is -2.22. The van der Waals surface area contributed by atoms with Crippen molar-refractivity contribution in [1.82, 2.24) is 4.90 Å². The van der Waals surface area contributed by atoms with Crippen molar-refractivity contribution in [2.45, 2.75) is 6.61 Å². The molecular weight excluding hydrogens is 448 g/mol. The SMILES string of the molecule is CN(C)C(=O)/C(C#N)=C\c1cc(Cl)c(OCc2ccc3c(c2)OCO3)c(Br)c1. The molecule has 0 saturated carbocycles. The van der Waals surface area contributed by atoms with Gasteiger partial charge in [-0.15, -0.1) is 0 Å². The number of ether oxygens (including phenoxy) is 3. The van der Waals surface area contributed by atoms with Gasteiger partial charge in [0.05, 0.1) is 9.50 Å². The maximum atomic E-state index is 12.0. The molecule has 0 unspecified atom stereocenters. The molecule has 144 valence electrons. The minimum Gasteiger partial charge on any atom is -0.486 e. The topological polar surface area (TPSA) is 71.8 Å². The van der Waals surface area contributed by atoms with Crippen LogP contribution in [0, 0.1) is 11.3 Å². The summed E-state index contributed by atoms with van der Waals surface area (Å²) >= 11 is 9.79. The Labute approximate surface area is 176 Å². The summed E-state index contributed by atoms with van der Waals surface area (Å²) in [6.07, 6.45) is 1.49. The predicted octanol–water partition coefficient (Wildman–Crippen LogP) is 4.41. The second kappa shape index (κ2) is 8.55. The predicted molar refractivity (Wildman–Crippen MR) is 108 cm³/mol. The van der Waals surface area contributed by atoms with Crippen LogP contribution in [0.1, 0.15) is 11.1 Å². The molecule has 1 amide bonds. The molecule has 1 heterocycles. The van der Waals surface area contributed by atoms with Crippen molar-refractivity contribution in [3.63, 3.8) is 0 Å². The lowest BCUT2D eigenvalue weighted by Gasteiger charge is -2.12. The Morgan fingerprint density at radius 1 is 1.32 bits per heavy atom. The third-order valence-electron chi connectivity index (χ3n) is 3.91. The monoisotopic (exact) mass is 462 g/mol. The number of likely N-dealkylation sites (N-methyl/N-ethyl adjacent to an activating group) is 1. The molecule has 2 aromatic rings. The van der Waals surface area contributed by atoms with Crippen molar-refractivity contribution < 1.29 is 19.0 Å². The number of fused-ring (bicyclic) bond motifs is 1. The van der Waals surface area contributed by atoms with Crippen molar-refractivity contribution in [2.24, 2.45) is 0 Å². The molecule has 0 aromatic heterocycles. The number of carbonyl (C=O) groups excluding carboxylic acids is 1. The first-order chi connectivity index (χ1) is 13.4. The van der Waals surface area contributed by atoms with Gasteiger partial charge in [-0.2, -0.15) is 5.26 Å². The van der Waals surface area contributed by atoms with Gasteiger partial charge in [0.25, 0.3) is 5.91 Å². The Morgan fingerprint density at radius 2 is 2.07 bits per heavy atom. The first-order valence-corrected chi connectivity index (χ1v) is 9.40. The Kier molecular flexibility index (Phi) is 6.12. The second-order valence-corrected chi connectivity index (χ2v) is 7.42. The lowest BCUT2D eigenvalue weighted by molar-refractivity contribution is -0.124. The number of amides is 1. The highest BCUT2D eigenvalue weighted by Crippen LogP contribution is 2.37. The Balaban J connectivity index is 1.78. The molecule has 0 saturated heterocycles. The van der Waals surface area contributed by atoms with Crippen LogP contribution in [-0.4, -0.2) is 31.7 Å². The van der Waals surface area contributed by atoms with Crippen LogP contribution in [0.15, 0.2) is 40.4 Å². The first kappa shape index (κ1) is 20.1. The number of rotatable bonds is 5.